The second kappa shape index (κ2) is 8.05. The lowest BCUT2D eigenvalue weighted by molar-refractivity contribution is -0.117. The molecule has 1 fully saturated rings. The molecule has 2 heterocycles. The zero-order chi connectivity index (χ0) is 20.2. The predicted molar refractivity (Wildman–Crippen MR) is 102 cm³/mol. The molecule has 0 saturated carbocycles. The van der Waals surface area contributed by atoms with Crippen LogP contribution in [-0.4, -0.2) is 41.0 Å². The summed E-state index contributed by atoms with van der Waals surface area (Å²) < 4.78 is 10.2. The average Bonchev–Trinajstić information content (AvgIpc) is 3.44. The molecule has 4 rings (SSSR count). The van der Waals surface area contributed by atoms with Gasteiger partial charge in [0, 0.05) is 29.8 Å². The van der Waals surface area contributed by atoms with Gasteiger partial charge in [0.1, 0.15) is 0 Å². The van der Waals surface area contributed by atoms with Crippen molar-refractivity contribution in [3.63, 3.8) is 0 Å². The topological polar surface area (TPSA) is 103 Å². The summed E-state index contributed by atoms with van der Waals surface area (Å²) in [5, 5.41) is 7.39. The Morgan fingerprint density at radius 2 is 1.93 bits per heavy atom. The van der Waals surface area contributed by atoms with E-state index in [1.807, 2.05) is 0 Å². The average molecular weight is 391 g/mol. The largest absolute Gasteiger partial charge is 0.454 e. The first kappa shape index (κ1) is 18.5. The van der Waals surface area contributed by atoms with Crippen LogP contribution in [0.15, 0.2) is 59.3 Å². The Labute approximate surface area is 166 Å². The summed E-state index contributed by atoms with van der Waals surface area (Å²) in [6.45, 7) is 0.257. The lowest BCUT2D eigenvalue weighted by Crippen LogP contribution is -2.24. The van der Waals surface area contributed by atoms with Crippen molar-refractivity contribution in [2.45, 2.75) is 12.8 Å². The van der Waals surface area contributed by atoms with E-state index < -0.39 is 5.97 Å². The zero-order valence-electron chi connectivity index (χ0n) is 15.4. The standard InChI is InChI=1S/C21H17N3O5/c25-18(16-3-1-4-17(11-16)24-10-2-5-19(24)26)12-28-21(27)15-8-6-14(7-9-15)20-23-22-13-29-20/h1,3-4,6-9,11,13H,2,5,10,12H2. The number of aromatic nitrogens is 2. The number of Topliss-reactive ketones (excluding diaryl/α,β-unsaturated/α-hetero) is 1. The van der Waals surface area contributed by atoms with Crippen LogP contribution in [0, 0.1) is 0 Å². The van der Waals surface area contributed by atoms with Crippen LogP contribution in [0.4, 0.5) is 5.69 Å². The zero-order valence-corrected chi connectivity index (χ0v) is 15.4. The minimum absolute atomic E-state index is 0.0463. The summed E-state index contributed by atoms with van der Waals surface area (Å²) in [6, 6.07) is 13.2. The van der Waals surface area contributed by atoms with E-state index in [2.05, 4.69) is 10.2 Å². The van der Waals surface area contributed by atoms with Crippen molar-refractivity contribution < 1.29 is 23.5 Å². The van der Waals surface area contributed by atoms with Crippen molar-refractivity contribution in [3.8, 4) is 11.5 Å². The van der Waals surface area contributed by atoms with Gasteiger partial charge < -0.3 is 14.1 Å². The summed E-state index contributed by atoms with van der Waals surface area (Å²) >= 11 is 0. The van der Waals surface area contributed by atoms with Gasteiger partial charge >= 0.3 is 5.97 Å². The van der Waals surface area contributed by atoms with Crippen LogP contribution in [0.2, 0.25) is 0 Å². The van der Waals surface area contributed by atoms with Gasteiger partial charge in [-0.15, -0.1) is 10.2 Å². The van der Waals surface area contributed by atoms with Crippen molar-refractivity contribution in [2.75, 3.05) is 18.1 Å². The molecule has 0 atom stereocenters. The Hall–Kier alpha value is -3.81. The molecule has 3 aromatic rings. The molecule has 1 saturated heterocycles. The molecule has 0 N–H and O–H groups in total. The summed E-state index contributed by atoms with van der Waals surface area (Å²) in [5.74, 6) is -0.558. The number of ether oxygens (including phenoxy) is 1. The van der Waals surface area contributed by atoms with Gasteiger partial charge in [-0.25, -0.2) is 4.79 Å². The maximum Gasteiger partial charge on any atom is 0.338 e. The molecule has 146 valence electrons. The van der Waals surface area contributed by atoms with E-state index in [0.717, 1.165) is 6.42 Å². The highest BCUT2D eigenvalue weighted by Crippen LogP contribution is 2.22. The molecule has 1 amide bonds. The van der Waals surface area contributed by atoms with Gasteiger partial charge in [0.05, 0.1) is 5.56 Å². The number of esters is 1. The summed E-state index contributed by atoms with van der Waals surface area (Å²) in [4.78, 5) is 38.2. The highest BCUT2D eigenvalue weighted by molar-refractivity contribution is 6.01. The first-order valence-corrected chi connectivity index (χ1v) is 9.09. The molecule has 8 nitrogen and oxygen atoms in total. The number of benzene rings is 2. The van der Waals surface area contributed by atoms with E-state index in [1.165, 1.54) is 6.39 Å². The maximum atomic E-state index is 12.4. The highest BCUT2D eigenvalue weighted by Gasteiger charge is 2.22. The van der Waals surface area contributed by atoms with E-state index >= 15 is 0 Å². The number of carbonyl (C=O) groups is 3. The molecule has 2 aromatic carbocycles. The minimum Gasteiger partial charge on any atom is -0.454 e. The van der Waals surface area contributed by atoms with E-state index in [9.17, 15) is 14.4 Å². The SMILES string of the molecule is O=C(COC(=O)c1ccc(-c2nnco2)cc1)c1cccc(N2CCCC2=O)c1. The third kappa shape index (κ3) is 4.06. The van der Waals surface area contributed by atoms with Gasteiger partial charge in [-0.3, -0.25) is 9.59 Å². The fourth-order valence-electron chi connectivity index (χ4n) is 3.11. The van der Waals surface area contributed by atoms with Crippen LogP contribution in [0.1, 0.15) is 33.6 Å². The summed E-state index contributed by atoms with van der Waals surface area (Å²) in [5.41, 5.74) is 2.05. The number of hydrogen-bond acceptors (Lipinski definition) is 7. The molecular formula is C21H17N3O5. The van der Waals surface area contributed by atoms with Crippen molar-refractivity contribution in [1.82, 2.24) is 10.2 Å². The van der Waals surface area contributed by atoms with Crippen LogP contribution in [0.25, 0.3) is 11.5 Å². The molecule has 1 aliphatic heterocycles. The third-order valence-corrected chi connectivity index (χ3v) is 4.62. The molecule has 0 aliphatic carbocycles. The second-order valence-electron chi connectivity index (χ2n) is 6.52. The van der Waals surface area contributed by atoms with Crippen molar-refractivity contribution >= 4 is 23.3 Å². The van der Waals surface area contributed by atoms with Gasteiger partial charge in [-0.2, -0.15) is 0 Å². The van der Waals surface area contributed by atoms with Crippen molar-refractivity contribution in [2.24, 2.45) is 0 Å². The summed E-state index contributed by atoms with van der Waals surface area (Å²) in [6.07, 6.45) is 2.54. The minimum atomic E-state index is -0.610. The Kier molecular flexibility index (Phi) is 5.15. The first-order valence-electron chi connectivity index (χ1n) is 9.09. The van der Waals surface area contributed by atoms with E-state index in [1.54, 1.807) is 53.4 Å². The van der Waals surface area contributed by atoms with Crippen LogP contribution >= 0.6 is 0 Å². The third-order valence-electron chi connectivity index (χ3n) is 4.62. The lowest BCUT2D eigenvalue weighted by atomic mass is 10.1. The normalized spacial score (nSPS) is 13.5. The van der Waals surface area contributed by atoms with Gasteiger partial charge in [0.25, 0.3) is 0 Å². The van der Waals surface area contributed by atoms with Gasteiger partial charge in [-0.1, -0.05) is 12.1 Å². The van der Waals surface area contributed by atoms with E-state index in [4.69, 9.17) is 9.15 Å². The number of ketones is 1. The highest BCUT2D eigenvalue weighted by atomic mass is 16.5. The summed E-state index contributed by atoms with van der Waals surface area (Å²) in [7, 11) is 0. The Morgan fingerprint density at radius 3 is 2.62 bits per heavy atom. The molecule has 8 heteroatoms. The number of anilines is 1. The van der Waals surface area contributed by atoms with Crippen LogP contribution in [0.5, 0.6) is 0 Å². The maximum absolute atomic E-state index is 12.4. The first-order chi connectivity index (χ1) is 14.1. The molecule has 29 heavy (non-hydrogen) atoms. The Bertz CT molecular complexity index is 1040. The smallest absolute Gasteiger partial charge is 0.338 e. The quantitative estimate of drug-likeness (QED) is 0.470. The van der Waals surface area contributed by atoms with Gasteiger partial charge in [0.2, 0.25) is 18.2 Å². The lowest BCUT2D eigenvalue weighted by Gasteiger charge is -2.16. The van der Waals surface area contributed by atoms with Gasteiger partial charge in [0.15, 0.2) is 12.4 Å². The van der Waals surface area contributed by atoms with Crippen molar-refractivity contribution in [3.05, 3.63) is 66.1 Å². The molecule has 1 aromatic heterocycles. The van der Waals surface area contributed by atoms with Crippen molar-refractivity contribution in [1.29, 1.82) is 0 Å². The number of nitrogens with zero attached hydrogens (tertiary/aromatic N) is 3. The Balaban J connectivity index is 1.38. The number of amides is 1. The molecule has 1 aliphatic rings. The molecule has 0 spiro atoms. The van der Waals surface area contributed by atoms with Crippen LogP contribution < -0.4 is 4.90 Å². The molecule has 0 bridgehead atoms. The monoisotopic (exact) mass is 391 g/mol. The van der Waals surface area contributed by atoms with Crippen LogP contribution in [0.3, 0.4) is 0 Å². The molecule has 0 unspecified atom stereocenters. The van der Waals surface area contributed by atoms with E-state index in [0.29, 0.717) is 41.2 Å². The van der Waals surface area contributed by atoms with Crippen LogP contribution in [-0.2, 0) is 9.53 Å². The fraction of sp³-hybridized carbons (Fsp3) is 0.190. The molecule has 0 radical (unpaired) electrons. The number of rotatable bonds is 6. The fourth-order valence-corrected chi connectivity index (χ4v) is 3.11. The molecular weight excluding hydrogens is 374 g/mol. The number of hydrogen-bond donors (Lipinski definition) is 0. The second-order valence-corrected chi connectivity index (χ2v) is 6.52. The van der Waals surface area contributed by atoms with Gasteiger partial charge in [-0.05, 0) is 42.8 Å². The Morgan fingerprint density at radius 1 is 1.10 bits per heavy atom. The predicted octanol–water partition coefficient (Wildman–Crippen LogP) is 2.90. The van der Waals surface area contributed by atoms with E-state index in [-0.39, 0.29) is 18.3 Å². The number of carbonyl (C=O) groups excluding carboxylic acids is 3.